The van der Waals surface area contributed by atoms with E-state index in [1.54, 1.807) is 0 Å². The van der Waals surface area contributed by atoms with Crippen molar-refractivity contribution in [1.82, 2.24) is 9.55 Å². The Bertz CT molecular complexity index is 1190. The van der Waals surface area contributed by atoms with Crippen molar-refractivity contribution in [2.45, 2.75) is 20.0 Å². The fourth-order valence-electron chi connectivity index (χ4n) is 3.70. The fraction of sp³-hybridized carbons (Fsp3) is 0.154. The molecule has 0 aliphatic carbocycles. The van der Waals surface area contributed by atoms with Crippen molar-refractivity contribution in [2.24, 2.45) is 7.05 Å². The summed E-state index contributed by atoms with van der Waals surface area (Å²) in [6, 6.07) is 27.1. The zero-order valence-corrected chi connectivity index (χ0v) is 17.3. The Labute approximate surface area is 177 Å². The molecule has 30 heavy (non-hydrogen) atoms. The Balaban J connectivity index is 1.78. The Morgan fingerprint density at radius 2 is 1.70 bits per heavy atom. The second-order valence-electron chi connectivity index (χ2n) is 7.49. The van der Waals surface area contributed by atoms with E-state index >= 15 is 0 Å². The lowest BCUT2D eigenvalue weighted by molar-refractivity contribution is 0.736. The van der Waals surface area contributed by atoms with Crippen LogP contribution < -0.4 is 4.90 Å². The SMILES string of the molecule is Cc1ccccc1-c1cc(N(Cc2ccccc2)Cc2cncn2C)ccc1C#N. The van der Waals surface area contributed by atoms with Crippen molar-refractivity contribution in [3.8, 4) is 17.2 Å². The molecule has 0 atom stereocenters. The van der Waals surface area contributed by atoms with Crippen LogP contribution >= 0.6 is 0 Å². The number of hydrogen-bond donors (Lipinski definition) is 0. The minimum Gasteiger partial charge on any atom is -0.361 e. The summed E-state index contributed by atoms with van der Waals surface area (Å²) in [6.45, 7) is 3.58. The first-order valence-electron chi connectivity index (χ1n) is 10.00. The number of benzene rings is 3. The summed E-state index contributed by atoms with van der Waals surface area (Å²) in [4.78, 5) is 6.60. The molecule has 0 spiro atoms. The van der Waals surface area contributed by atoms with Crippen molar-refractivity contribution < 1.29 is 0 Å². The van der Waals surface area contributed by atoms with Gasteiger partial charge >= 0.3 is 0 Å². The molecule has 4 heteroatoms. The molecule has 0 aliphatic heterocycles. The van der Waals surface area contributed by atoms with Gasteiger partial charge in [0.15, 0.2) is 0 Å². The van der Waals surface area contributed by atoms with Crippen LogP contribution in [-0.4, -0.2) is 9.55 Å². The van der Waals surface area contributed by atoms with E-state index in [0.717, 1.165) is 41.2 Å². The second-order valence-corrected chi connectivity index (χ2v) is 7.49. The van der Waals surface area contributed by atoms with Crippen LogP contribution in [0.5, 0.6) is 0 Å². The number of aryl methyl sites for hydroxylation is 2. The number of imidazole rings is 1. The van der Waals surface area contributed by atoms with E-state index in [1.165, 1.54) is 5.56 Å². The summed E-state index contributed by atoms with van der Waals surface area (Å²) in [5.41, 5.74) is 7.36. The standard InChI is InChI=1S/C26H24N4/c1-20-8-6-7-11-25(20)26-14-23(13-12-22(26)15-27)30(17-21-9-4-3-5-10-21)18-24-16-28-19-29(24)2/h3-14,16,19H,17-18H2,1-2H3. The van der Waals surface area contributed by atoms with Crippen LogP contribution in [0.25, 0.3) is 11.1 Å². The zero-order valence-electron chi connectivity index (χ0n) is 17.3. The molecule has 0 saturated heterocycles. The molecule has 0 amide bonds. The molecule has 0 saturated carbocycles. The molecule has 4 aromatic rings. The van der Waals surface area contributed by atoms with Gasteiger partial charge in [0.25, 0.3) is 0 Å². The smallest absolute Gasteiger partial charge is 0.0998 e. The van der Waals surface area contributed by atoms with Crippen molar-refractivity contribution in [2.75, 3.05) is 4.90 Å². The second kappa shape index (κ2) is 8.67. The summed E-state index contributed by atoms with van der Waals surface area (Å²) >= 11 is 0. The van der Waals surface area contributed by atoms with Crippen LogP contribution in [0.4, 0.5) is 5.69 Å². The van der Waals surface area contributed by atoms with Crippen molar-refractivity contribution in [3.63, 3.8) is 0 Å². The van der Waals surface area contributed by atoms with E-state index in [-0.39, 0.29) is 0 Å². The van der Waals surface area contributed by atoms with E-state index in [9.17, 15) is 5.26 Å². The van der Waals surface area contributed by atoms with Gasteiger partial charge in [-0.15, -0.1) is 0 Å². The topological polar surface area (TPSA) is 44.9 Å². The summed E-state index contributed by atoms with van der Waals surface area (Å²) in [7, 11) is 2.01. The lowest BCUT2D eigenvalue weighted by atomic mass is 9.95. The predicted molar refractivity (Wildman–Crippen MR) is 121 cm³/mol. The van der Waals surface area contributed by atoms with E-state index in [1.807, 2.05) is 54.5 Å². The number of anilines is 1. The molecule has 0 fully saturated rings. The number of nitrogens with zero attached hydrogens (tertiary/aromatic N) is 4. The molecule has 0 aliphatic rings. The van der Waals surface area contributed by atoms with Gasteiger partial charge in [-0.2, -0.15) is 5.26 Å². The molecule has 0 unspecified atom stereocenters. The fourth-order valence-corrected chi connectivity index (χ4v) is 3.70. The highest BCUT2D eigenvalue weighted by atomic mass is 15.2. The number of rotatable bonds is 6. The zero-order chi connectivity index (χ0) is 20.9. The number of nitriles is 1. The summed E-state index contributed by atoms with van der Waals surface area (Å²) in [5.74, 6) is 0. The Morgan fingerprint density at radius 3 is 2.40 bits per heavy atom. The third-order valence-corrected chi connectivity index (χ3v) is 5.41. The van der Waals surface area contributed by atoms with Crippen LogP contribution in [-0.2, 0) is 20.1 Å². The Hall–Kier alpha value is -3.84. The van der Waals surface area contributed by atoms with Gasteiger partial charge in [0.05, 0.1) is 30.2 Å². The van der Waals surface area contributed by atoms with Crippen molar-refractivity contribution >= 4 is 5.69 Å². The monoisotopic (exact) mass is 392 g/mol. The van der Waals surface area contributed by atoms with Crippen molar-refractivity contribution in [3.05, 3.63) is 108 Å². The van der Waals surface area contributed by atoms with Gasteiger partial charge in [0.2, 0.25) is 0 Å². The lowest BCUT2D eigenvalue weighted by Crippen LogP contribution is -2.23. The molecule has 0 radical (unpaired) electrons. The van der Waals surface area contributed by atoms with E-state index in [4.69, 9.17) is 0 Å². The molecule has 4 rings (SSSR count). The molecule has 1 aromatic heterocycles. The number of aromatic nitrogens is 2. The molecule has 0 N–H and O–H groups in total. The minimum atomic E-state index is 0.688. The predicted octanol–water partition coefficient (Wildman–Crippen LogP) is 5.47. The highest BCUT2D eigenvalue weighted by Crippen LogP contribution is 2.31. The van der Waals surface area contributed by atoms with Gasteiger partial charge in [0.1, 0.15) is 0 Å². The van der Waals surface area contributed by atoms with E-state index in [2.05, 4.69) is 65.3 Å². The molecular formula is C26H24N4. The van der Waals surface area contributed by atoms with Crippen LogP contribution in [0.15, 0.2) is 85.3 Å². The first-order valence-corrected chi connectivity index (χ1v) is 10.00. The molecule has 1 heterocycles. The quantitative estimate of drug-likeness (QED) is 0.437. The third-order valence-electron chi connectivity index (χ3n) is 5.41. The first-order chi connectivity index (χ1) is 14.7. The van der Waals surface area contributed by atoms with Crippen LogP contribution in [0.2, 0.25) is 0 Å². The van der Waals surface area contributed by atoms with Gasteiger partial charge < -0.3 is 9.47 Å². The average molecular weight is 393 g/mol. The molecule has 148 valence electrons. The van der Waals surface area contributed by atoms with Crippen LogP contribution in [0.3, 0.4) is 0 Å². The summed E-state index contributed by atoms with van der Waals surface area (Å²) in [5, 5.41) is 9.70. The van der Waals surface area contributed by atoms with E-state index < -0.39 is 0 Å². The molecule has 3 aromatic carbocycles. The van der Waals surface area contributed by atoms with Gasteiger partial charge in [-0.3, -0.25) is 0 Å². The molecule has 4 nitrogen and oxygen atoms in total. The third kappa shape index (κ3) is 4.11. The van der Waals surface area contributed by atoms with Gasteiger partial charge in [-0.05, 0) is 41.8 Å². The minimum absolute atomic E-state index is 0.688. The van der Waals surface area contributed by atoms with Crippen molar-refractivity contribution in [1.29, 1.82) is 5.26 Å². The van der Waals surface area contributed by atoms with Gasteiger partial charge in [-0.25, -0.2) is 4.98 Å². The van der Waals surface area contributed by atoms with Crippen LogP contribution in [0.1, 0.15) is 22.4 Å². The van der Waals surface area contributed by atoms with Gasteiger partial charge in [-0.1, -0.05) is 54.6 Å². The molecular weight excluding hydrogens is 368 g/mol. The average Bonchev–Trinajstić information content (AvgIpc) is 3.18. The maximum absolute atomic E-state index is 9.70. The highest BCUT2D eigenvalue weighted by molar-refractivity contribution is 5.76. The van der Waals surface area contributed by atoms with Crippen LogP contribution in [0, 0.1) is 18.3 Å². The largest absolute Gasteiger partial charge is 0.361 e. The Morgan fingerprint density at radius 1 is 0.933 bits per heavy atom. The van der Waals surface area contributed by atoms with Gasteiger partial charge in [0, 0.05) is 31.0 Å². The summed E-state index contributed by atoms with van der Waals surface area (Å²) in [6.07, 6.45) is 3.73. The lowest BCUT2D eigenvalue weighted by Gasteiger charge is -2.26. The number of hydrogen-bond acceptors (Lipinski definition) is 3. The van der Waals surface area contributed by atoms with E-state index in [0.29, 0.717) is 5.56 Å². The summed E-state index contributed by atoms with van der Waals surface area (Å²) < 4.78 is 2.05. The first kappa shape index (κ1) is 19.5. The molecule has 0 bridgehead atoms. The normalized spacial score (nSPS) is 10.6. The maximum Gasteiger partial charge on any atom is 0.0998 e. The highest BCUT2D eigenvalue weighted by Gasteiger charge is 2.15. The maximum atomic E-state index is 9.70. The Kier molecular flexibility index (Phi) is 5.63.